The molecule has 0 unspecified atom stereocenters. The van der Waals surface area contributed by atoms with Gasteiger partial charge >= 0.3 is 0 Å². The van der Waals surface area contributed by atoms with E-state index in [-0.39, 0.29) is 27.4 Å². The zero-order valence-corrected chi connectivity index (χ0v) is 13.6. The van der Waals surface area contributed by atoms with Crippen molar-refractivity contribution in [1.82, 2.24) is 0 Å². The highest BCUT2D eigenvalue weighted by molar-refractivity contribution is 9.13. The number of rotatable bonds is 2. The Bertz CT molecular complexity index is 700. The summed E-state index contributed by atoms with van der Waals surface area (Å²) in [5, 5.41) is 5.13. The van der Waals surface area contributed by atoms with Crippen molar-refractivity contribution >= 4 is 59.3 Å². The quantitative estimate of drug-likeness (QED) is 0.757. The number of amides is 1. The molecule has 0 bridgehead atoms. The summed E-state index contributed by atoms with van der Waals surface area (Å²) < 4.78 is 32.3. The van der Waals surface area contributed by atoms with Gasteiger partial charge < -0.3 is 0 Å². The molecule has 0 spiro atoms. The summed E-state index contributed by atoms with van der Waals surface area (Å²) in [4.78, 5) is 11.4. The Balaban J connectivity index is 2.61. The average Bonchev–Trinajstić information content (AvgIpc) is 2.60. The summed E-state index contributed by atoms with van der Waals surface area (Å²) in [5.74, 6) is -0.256. The van der Waals surface area contributed by atoms with Crippen LogP contribution < -0.4 is 5.01 Å². The standard InChI is InChI=1S/C10H8Br2N2O4S/c1-5-2-9(15)14(13-5)6-3-7(11)10(12)8(4-6)19(16,17)18/h3-4H,2H2,1H3,(H,16,17,18). The normalized spacial score (nSPS) is 15.9. The van der Waals surface area contributed by atoms with Gasteiger partial charge in [-0.1, -0.05) is 0 Å². The molecule has 6 nitrogen and oxygen atoms in total. The van der Waals surface area contributed by atoms with Crippen molar-refractivity contribution in [3.63, 3.8) is 0 Å². The summed E-state index contributed by atoms with van der Waals surface area (Å²) in [6, 6.07) is 2.73. The van der Waals surface area contributed by atoms with Crippen LogP contribution in [0.4, 0.5) is 5.69 Å². The minimum absolute atomic E-state index is 0.186. The molecule has 19 heavy (non-hydrogen) atoms. The van der Waals surface area contributed by atoms with Gasteiger partial charge in [0.25, 0.3) is 16.0 Å². The minimum Gasteiger partial charge on any atom is -0.282 e. The zero-order chi connectivity index (χ0) is 14.4. The zero-order valence-electron chi connectivity index (χ0n) is 9.59. The van der Waals surface area contributed by atoms with Crippen LogP contribution in [0.15, 0.2) is 31.1 Å². The van der Waals surface area contributed by atoms with E-state index in [0.717, 1.165) is 5.01 Å². The fraction of sp³-hybridized carbons (Fsp3) is 0.200. The maximum absolute atomic E-state index is 11.7. The summed E-state index contributed by atoms with van der Waals surface area (Å²) in [7, 11) is -4.40. The number of anilines is 1. The molecule has 1 N–H and O–H groups in total. The van der Waals surface area contributed by atoms with Gasteiger partial charge in [-0.2, -0.15) is 13.5 Å². The summed E-state index contributed by atoms with van der Waals surface area (Å²) in [6.07, 6.45) is 0.189. The summed E-state index contributed by atoms with van der Waals surface area (Å²) in [5.41, 5.74) is 0.905. The molecule has 9 heteroatoms. The van der Waals surface area contributed by atoms with Crippen LogP contribution in [0.25, 0.3) is 0 Å². The van der Waals surface area contributed by atoms with Gasteiger partial charge in [0.15, 0.2) is 0 Å². The molecule has 0 fully saturated rings. The van der Waals surface area contributed by atoms with Crippen LogP contribution in [0.3, 0.4) is 0 Å². The molecule has 1 aromatic rings. The molecule has 1 heterocycles. The van der Waals surface area contributed by atoms with E-state index in [1.165, 1.54) is 6.07 Å². The lowest BCUT2D eigenvalue weighted by Crippen LogP contribution is -2.20. The van der Waals surface area contributed by atoms with Crippen molar-refractivity contribution < 1.29 is 17.8 Å². The third kappa shape index (κ3) is 2.88. The number of halogens is 2. The highest BCUT2D eigenvalue weighted by Gasteiger charge is 2.26. The molecular weight excluding hydrogens is 404 g/mol. The SMILES string of the molecule is CC1=NN(c2cc(Br)c(Br)c(S(=O)(=O)O)c2)C(=O)C1. The first-order valence-corrected chi connectivity index (χ1v) is 8.06. The Morgan fingerprint density at radius 1 is 1.37 bits per heavy atom. The maximum atomic E-state index is 11.7. The van der Waals surface area contributed by atoms with E-state index in [1.54, 1.807) is 13.0 Å². The van der Waals surface area contributed by atoms with Gasteiger partial charge in [0.1, 0.15) is 4.90 Å². The number of hydrogen-bond acceptors (Lipinski definition) is 4. The van der Waals surface area contributed by atoms with Gasteiger partial charge in [0, 0.05) is 10.2 Å². The van der Waals surface area contributed by atoms with Crippen molar-refractivity contribution in [3.8, 4) is 0 Å². The topological polar surface area (TPSA) is 87.0 Å². The molecule has 1 amide bonds. The lowest BCUT2D eigenvalue weighted by Gasteiger charge is -2.14. The van der Waals surface area contributed by atoms with Gasteiger partial charge in [0.05, 0.1) is 16.6 Å². The van der Waals surface area contributed by atoms with Crippen molar-refractivity contribution in [3.05, 3.63) is 21.1 Å². The third-order valence-electron chi connectivity index (χ3n) is 2.42. The predicted molar refractivity (Wildman–Crippen MR) is 76.9 cm³/mol. The number of carbonyl (C=O) groups is 1. The fourth-order valence-corrected chi connectivity index (χ4v) is 3.65. The molecule has 1 aromatic carbocycles. The molecule has 0 saturated carbocycles. The van der Waals surface area contributed by atoms with Crippen molar-refractivity contribution in [1.29, 1.82) is 0 Å². The molecule has 0 aliphatic carbocycles. The second-order valence-electron chi connectivity index (χ2n) is 3.93. The molecule has 102 valence electrons. The van der Waals surface area contributed by atoms with Crippen LogP contribution in [0, 0.1) is 0 Å². The third-order valence-corrected chi connectivity index (χ3v) is 5.57. The Kier molecular flexibility index (Phi) is 3.83. The number of hydrogen-bond donors (Lipinski definition) is 1. The molecule has 0 aromatic heterocycles. The van der Waals surface area contributed by atoms with Crippen LogP contribution in [-0.4, -0.2) is 24.6 Å². The van der Waals surface area contributed by atoms with E-state index in [4.69, 9.17) is 4.55 Å². The molecule has 1 aliphatic rings. The van der Waals surface area contributed by atoms with Gasteiger partial charge in [0.2, 0.25) is 0 Å². The van der Waals surface area contributed by atoms with Gasteiger partial charge in [-0.05, 0) is 50.9 Å². The summed E-state index contributed by atoms with van der Waals surface area (Å²) >= 11 is 6.22. The molecule has 0 saturated heterocycles. The van der Waals surface area contributed by atoms with Crippen LogP contribution >= 0.6 is 31.9 Å². The van der Waals surface area contributed by atoms with E-state index in [0.29, 0.717) is 10.2 Å². The van der Waals surface area contributed by atoms with E-state index in [2.05, 4.69) is 37.0 Å². The molecule has 0 atom stereocenters. The van der Waals surface area contributed by atoms with Gasteiger partial charge in [-0.25, -0.2) is 5.01 Å². The van der Waals surface area contributed by atoms with Crippen molar-refractivity contribution in [2.75, 3.05) is 5.01 Å². The largest absolute Gasteiger partial charge is 0.295 e. The Labute approximate surface area is 126 Å². The maximum Gasteiger partial charge on any atom is 0.295 e. The Morgan fingerprint density at radius 3 is 2.47 bits per heavy atom. The van der Waals surface area contributed by atoms with E-state index in [1.807, 2.05) is 0 Å². The van der Waals surface area contributed by atoms with E-state index >= 15 is 0 Å². The first-order chi connectivity index (χ1) is 8.70. The Hall–Kier alpha value is -0.770. The summed E-state index contributed by atoms with van der Waals surface area (Å²) in [6.45, 7) is 1.70. The molecule has 1 aliphatic heterocycles. The first-order valence-electron chi connectivity index (χ1n) is 5.03. The molecular formula is C10H8Br2N2O4S. The van der Waals surface area contributed by atoms with Crippen LogP contribution in [0.5, 0.6) is 0 Å². The average molecular weight is 412 g/mol. The van der Waals surface area contributed by atoms with Crippen LogP contribution in [0.2, 0.25) is 0 Å². The smallest absolute Gasteiger partial charge is 0.282 e. The molecule has 2 rings (SSSR count). The van der Waals surface area contributed by atoms with Crippen LogP contribution in [-0.2, 0) is 14.9 Å². The minimum atomic E-state index is -4.40. The lowest BCUT2D eigenvalue weighted by atomic mass is 10.3. The fourth-order valence-electron chi connectivity index (χ4n) is 1.62. The number of nitrogens with zero attached hydrogens (tertiary/aromatic N) is 2. The predicted octanol–water partition coefficient (Wildman–Crippen LogP) is 2.57. The molecule has 0 radical (unpaired) electrons. The van der Waals surface area contributed by atoms with Crippen LogP contribution in [0.1, 0.15) is 13.3 Å². The lowest BCUT2D eigenvalue weighted by molar-refractivity contribution is -0.116. The number of benzene rings is 1. The van der Waals surface area contributed by atoms with E-state index in [9.17, 15) is 13.2 Å². The number of carbonyl (C=O) groups excluding carboxylic acids is 1. The first kappa shape index (κ1) is 14.6. The van der Waals surface area contributed by atoms with Gasteiger partial charge in [-0.15, -0.1) is 0 Å². The second kappa shape index (κ2) is 4.97. The second-order valence-corrected chi connectivity index (χ2v) is 6.97. The highest BCUT2D eigenvalue weighted by atomic mass is 79.9. The Morgan fingerprint density at radius 2 is 2.00 bits per heavy atom. The highest BCUT2D eigenvalue weighted by Crippen LogP contribution is 2.35. The van der Waals surface area contributed by atoms with Gasteiger partial charge in [-0.3, -0.25) is 9.35 Å². The van der Waals surface area contributed by atoms with E-state index < -0.39 is 10.1 Å². The monoisotopic (exact) mass is 410 g/mol. The number of hydrazone groups is 1. The van der Waals surface area contributed by atoms with Crippen molar-refractivity contribution in [2.24, 2.45) is 5.10 Å². The van der Waals surface area contributed by atoms with Crippen molar-refractivity contribution in [2.45, 2.75) is 18.2 Å².